The van der Waals surface area contributed by atoms with Crippen LogP contribution in [0.15, 0.2) is 40.9 Å². The van der Waals surface area contributed by atoms with Crippen molar-refractivity contribution in [2.75, 3.05) is 0 Å². The van der Waals surface area contributed by atoms with Crippen molar-refractivity contribution in [1.29, 1.82) is 0 Å². The van der Waals surface area contributed by atoms with Crippen molar-refractivity contribution in [3.8, 4) is 11.1 Å². The zero-order valence-electron chi connectivity index (χ0n) is 10.6. The smallest absolute Gasteiger partial charge is 0.336 e. The SMILES string of the molecule is Cc1ccc(C(=O)O)c(-c2cccc(Br)c2)c1C(=O)O. The molecule has 0 atom stereocenters. The predicted octanol–water partition coefficient (Wildman–Crippen LogP) is 3.82. The van der Waals surface area contributed by atoms with Gasteiger partial charge in [0.2, 0.25) is 0 Å². The average Bonchev–Trinajstić information content (AvgIpc) is 2.37. The van der Waals surface area contributed by atoms with Gasteiger partial charge in [-0.2, -0.15) is 0 Å². The summed E-state index contributed by atoms with van der Waals surface area (Å²) in [7, 11) is 0. The molecule has 20 heavy (non-hydrogen) atoms. The van der Waals surface area contributed by atoms with Gasteiger partial charge in [-0.15, -0.1) is 0 Å². The second kappa shape index (κ2) is 5.46. The molecule has 0 saturated carbocycles. The van der Waals surface area contributed by atoms with Crippen molar-refractivity contribution in [3.05, 3.63) is 57.6 Å². The highest BCUT2D eigenvalue weighted by Crippen LogP contribution is 2.32. The Kier molecular flexibility index (Phi) is 3.90. The lowest BCUT2D eigenvalue weighted by Gasteiger charge is -2.13. The molecule has 2 aromatic rings. The molecule has 0 heterocycles. The minimum absolute atomic E-state index is 0.0167. The number of carbonyl (C=O) groups is 2. The third-order valence-corrected chi connectivity index (χ3v) is 3.46. The van der Waals surface area contributed by atoms with Gasteiger partial charge in [-0.25, -0.2) is 9.59 Å². The van der Waals surface area contributed by atoms with Gasteiger partial charge in [-0.3, -0.25) is 0 Å². The summed E-state index contributed by atoms with van der Waals surface area (Å²) in [6.07, 6.45) is 0. The summed E-state index contributed by atoms with van der Waals surface area (Å²) in [5, 5.41) is 18.7. The fourth-order valence-electron chi connectivity index (χ4n) is 2.10. The molecular formula is C15H11BrO4. The van der Waals surface area contributed by atoms with E-state index in [9.17, 15) is 19.8 Å². The zero-order valence-corrected chi connectivity index (χ0v) is 12.1. The van der Waals surface area contributed by atoms with Gasteiger partial charge in [0.15, 0.2) is 0 Å². The Labute approximate surface area is 123 Å². The van der Waals surface area contributed by atoms with Crippen molar-refractivity contribution >= 4 is 27.9 Å². The first kappa shape index (κ1) is 14.3. The predicted molar refractivity (Wildman–Crippen MR) is 78.2 cm³/mol. The number of halogens is 1. The topological polar surface area (TPSA) is 74.6 Å². The van der Waals surface area contributed by atoms with E-state index in [0.29, 0.717) is 11.1 Å². The largest absolute Gasteiger partial charge is 0.478 e. The Hall–Kier alpha value is -2.14. The number of carboxylic acids is 2. The first-order valence-electron chi connectivity index (χ1n) is 5.78. The normalized spacial score (nSPS) is 10.3. The van der Waals surface area contributed by atoms with Gasteiger partial charge in [-0.05, 0) is 36.2 Å². The van der Waals surface area contributed by atoms with Gasteiger partial charge >= 0.3 is 11.9 Å². The number of benzene rings is 2. The Balaban J connectivity index is 2.87. The van der Waals surface area contributed by atoms with E-state index in [-0.39, 0.29) is 16.7 Å². The first-order chi connectivity index (χ1) is 9.41. The fraction of sp³-hybridized carbons (Fsp3) is 0.0667. The lowest BCUT2D eigenvalue weighted by atomic mass is 9.91. The standard InChI is InChI=1S/C15H11BrO4/c1-8-5-6-11(14(17)18)13(12(8)15(19)20)9-3-2-4-10(16)7-9/h2-7H,1H3,(H,17,18)(H,19,20). The quantitative estimate of drug-likeness (QED) is 0.894. The molecule has 0 bridgehead atoms. The third-order valence-electron chi connectivity index (χ3n) is 2.97. The molecule has 0 aliphatic heterocycles. The highest BCUT2D eigenvalue weighted by molar-refractivity contribution is 9.10. The average molecular weight is 335 g/mol. The fourth-order valence-corrected chi connectivity index (χ4v) is 2.50. The van der Waals surface area contributed by atoms with Crippen molar-refractivity contribution in [2.24, 2.45) is 0 Å². The van der Waals surface area contributed by atoms with E-state index >= 15 is 0 Å². The second-order valence-corrected chi connectivity index (χ2v) is 5.22. The number of hydrogen-bond donors (Lipinski definition) is 2. The van der Waals surface area contributed by atoms with Gasteiger partial charge in [0.25, 0.3) is 0 Å². The van der Waals surface area contributed by atoms with Crippen LogP contribution >= 0.6 is 15.9 Å². The Morgan fingerprint density at radius 3 is 2.30 bits per heavy atom. The van der Waals surface area contributed by atoms with E-state index in [2.05, 4.69) is 15.9 Å². The van der Waals surface area contributed by atoms with Gasteiger partial charge in [0.1, 0.15) is 0 Å². The van der Waals surface area contributed by atoms with Crippen LogP contribution in [0.2, 0.25) is 0 Å². The summed E-state index contributed by atoms with van der Waals surface area (Å²) in [6, 6.07) is 9.86. The van der Waals surface area contributed by atoms with Gasteiger partial charge in [0, 0.05) is 10.0 Å². The molecule has 0 spiro atoms. The van der Waals surface area contributed by atoms with Gasteiger partial charge < -0.3 is 10.2 Å². The molecule has 2 rings (SSSR count). The maximum absolute atomic E-state index is 11.5. The van der Waals surface area contributed by atoms with Crippen LogP contribution in [0.3, 0.4) is 0 Å². The summed E-state index contributed by atoms with van der Waals surface area (Å²) in [6.45, 7) is 1.65. The monoisotopic (exact) mass is 334 g/mol. The minimum atomic E-state index is -1.15. The lowest BCUT2D eigenvalue weighted by Crippen LogP contribution is -2.09. The van der Waals surface area contributed by atoms with Crippen molar-refractivity contribution in [2.45, 2.75) is 6.92 Å². The number of aromatic carboxylic acids is 2. The van der Waals surface area contributed by atoms with E-state index in [4.69, 9.17) is 0 Å². The third kappa shape index (κ3) is 2.58. The van der Waals surface area contributed by atoms with Crippen LogP contribution in [0, 0.1) is 6.92 Å². The van der Waals surface area contributed by atoms with Crippen LogP contribution in [0.4, 0.5) is 0 Å². The molecule has 4 nitrogen and oxygen atoms in total. The maximum Gasteiger partial charge on any atom is 0.336 e. The molecule has 0 aromatic heterocycles. The van der Waals surface area contributed by atoms with Crippen molar-refractivity contribution in [3.63, 3.8) is 0 Å². The number of hydrogen-bond acceptors (Lipinski definition) is 2. The molecular weight excluding hydrogens is 324 g/mol. The molecule has 2 aromatic carbocycles. The number of carboxylic acid groups (broad SMARTS) is 2. The number of rotatable bonds is 3. The van der Waals surface area contributed by atoms with Crippen LogP contribution < -0.4 is 0 Å². The van der Waals surface area contributed by atoms with E-state index in [0.717, 1.165) is 4.47 Å². The Morgan fingerprint density at radius 2 is 1.75 bits per heavy atom. The lowest BCUT2D eigenvalue weighted by molar-refractivity contribution is 0.0695. The van der Waals surface area contributed by atoms with E-state index in [1.165, 1.54) is 12.1 Å². The minimum Gasteiger partial charge on any atom is -0.478 e. The summed E-state index contributed by atoms with van der Waals surface area (Å²) < 4.78 is 0.754. The molecule has 0 unspecified atom stereocenters. The Bertz CT molecular complexity index is 707. The first-order valence-corrected chi connectivity index (χ1v) is 6.57. The summed E-state index contributed by atoms with van der Waals surface area (Å²) >= 11 is 3.31. The Morgan fingerprint density at radius 1 is 1.05 bits per heavy atom. The van der Waals surface area contributed by atoms with Crippen LogP contribution in [-0.4, -0.2) is 22.2 Å². The van der Waals surface area contributed by atoms with Crippen molar-refractivity contribution in [1.82, 2.24) is 0 Å². The molecule has 0 saturated heterocycles. The van der Waals surface area contributed by atoms with Crippen LogP contribution in [0.1, 0.15) is 26.3 Å². The maximum atomic E-state index is 11.5. The molecule has 0 radical (unpaired) electrons. The van der Waals surface area contributed by atoms with Gasteiger partial charge in [-0.1, -0.05) is 34.1 Å². The molecule has 2 N–H and O–H groups in total. The molecule has 0 aliphatic rings. The molecule has 5 heteroatoms. The summed E-state index contributed by atoms with van der Waals surface area (Å²) in [5.41, 5.74) is 1.30. The van der Waals surface area contributed by atoms with E-state index < -0.39 is 11.9 Å². The van der Waals surface area contributed by atoms with E-state index in [1.807, 2.05) is 0 Å². The summed E-state index contributed by atoms with van der Waals surface area (Å²) in [4.78, 5) is 22.8. The molecule has 0 aliphatic carbocycles. The van der Waals surface area contributed by atoms with E-state index in [1.54, 1.807) is 31.2 Å². The molecule has 102 valence electrons. The molecule has 0 amide bonds. The van der Waals surface area contributed by atoms with Crippen molar-refractivity contribution < 1.29 is 19.8 Å². The van der Waals surface area contributed by atoms with Crippen LogP contribution in [-0.2, 0) is 0 Å². The highest BCUT2D eigenvalue weighted by Gasteiger charge is 2.21. The second-order valence-electron chi connectivity index (χ2n) is 4.30. The molecule has 0 fully saturated rings. The van der Waals surface area contributed by atoms with Crippen LogP contribution in [0.5, 0.6) is 0 Å². The highest BCUT2D eigenvalue weighted by atomic mass is 79.9. The van der Waals surface area contributed by atoms with Crippen LogP contribution in [0.25, 0.3) is 11.1 Å². The zero-order chi connectivity index (χ0) is 14.9. The number of aryl methyl sites for hydroxylation is 1. The summed E-state index contributed by atoms with van der Waals surface area (Å²) in [5.74, 6) is -2.29. The van der Waals surface area contributed by atoms with Gasteiger partial charge in [0.05, 0.1) is 11.1 Å².